The molecule has 1 amide bonds. The molecular weight excluding hydrogens is 292 g/mol. The number of nitrogens with one attached hydrogen (secondary N) is 1. The summed E-state index contributed by atoms with van der Waals surface area (Å²) in [6.07, 6.45) is 4.66. The number of amides is 1. The molecule has 0 saturated heterocycles. The molecule has 1 N–H and O–H groups in total. The van der Waals surface area contributed by atoms with Crippen LogP contribution in [-0.4, -0.2) is 44.2 Å². The number of hydrogen-bond acceptors (Lipinski definition) is 4. The molecule has 1 unspecified atom stereocenters. The van der Waals surface area contributed by atoms with E-state index in [4.69, 9.17) is 9.47 Å². The van der Waals surface area contributed by atoms with Gasteiger partial charge < -0.3 is 14.8 Å². The van der Waals surface area contributed by atoms with Crippen molar-refractivity contribution in [1.29, 1.82) is 0 Å². The SMILES string of the molecule is COc1ccc(CN(C)C(C)C(=O)NC2CCCC2)cc1OC. The third kappa shape index (κ3) is 4.61. The summed E-state index contributed by atoms with van der Waals surface area (Å²) in [5, 5.41) is 3.16. The predicted octanol–water partition coefficient (Wildman–Crippen LogP) is 2.58. The molecule has 1 aromatic rings. The number of likely N-dealkylation sites (N-methyl/N-ethyl adjacent to an activating group) is 1. The number of carbonyl (C=O) groups excluding carboxylic acids is 1. The lowest BCUT2D eigenvalue weighted by Gasteiger charge is -2.25. The van der Waals surface area contributed by atoms with Crippen LogP contribution in [0, 0.1) is 0 Å². The van der Waals surface area contributed by atoms with Crippen LogP contribution in [0.15, 0.2) is 18.2 Å². The van der Waals surface area contributed by atoms with Gasteiger partial charge in [0.25, 0.3) is 0 Å². The van der Waals surface area contributed by atoms with Gasteiger partial charge in [0.05, 0.1) is 20.3 Å². The lowest BCUT2D eigenvalue weighted by molar-refractivity contribution is -0.126. The van der Waals surface area contributed by atoms with Crippen LogP contribution in [0.1, 0.15) is 38.2 Å². The molecule has 0 radical (unpaired) electrons. The van der Waals surface area contributed by atoms with Gasteiger partial charge in [-0.3, -0.25) is 9.69 Å². The van der Waals surface area contributed by atoms with E-state index in [1.54, 1.807) is 14.2 Å². The minimum absolute atomic E-state index is 0.111. The molecule has 128 valence electrons. The van der Waals surface area contributed by atoms with Gasteiger partial charge in [-0.05, 0) is 44.5 Å². The first kappa shape index (κ1) is 17.6. The second kappa shape index (κ2) is 8.20. The highest BCUT2D eigenvalue weighted by Gasteiger charge is 2.23. The molecule has 0 aliphatic heterocycles. The zero-order valence-electron chi connectivity index (χ0n) is 14.6. The van der Waals surface area contributed by atoms with Gasteiger partial charge in [0, 0.05) is 12.6 Å². The Morgan fingerprint density at radius 2 is 1.91 bits per heavy atom. The molecule has 1 aromatic carbocycles. The van der Waals surface area contributed by atoms with E-state index >= 15 is 0 Å². The van der Waals surface area contributed by atoms with Gasteiger partial charge in [0.15, 0.2) is 11.5 Å². The number of nitrogens with zero attached hydrogens (tertiary/aromatic N) is 1. The molecule has 5 nitrogen and oxygen atoms in total. The van der Waals surface area contributed by atoms with Gasteiger partial charge in [-0.25, -0.2) is 0 Å². The molecule has 0 spiro atoms. The molecule has 0 aromatic heterocycles. The highest BCUT2D eigenvalue weighted by molar-refractivity contribution is 5.81. The zero-order chi connectivity index (χ0) is 16.8. The zero-order valence-corrected chi connectivity index (χ0v) is 14.6. The van der Waals surface area contributed by atoms with Crippen molar-refractivity contribution in [2.75, 3.05) is 21.3 Å². The average molecular weight is 320 g/mol. The Labute approximate surface area is 139 Å². The maximum atomic E-state index is 12.4. The molecule has 23 heavy (non-hydrogen) atoms. The Hall–Kier alpha value is -1.75. The highest BCUT2D eigenvalue weighted by atomic mass is 16.5. The quantitative estimate of drug-likeness (QED) is 0.839. The second-order valence-corrected chi connectivity index (χ2v) is 6.27. The van der Waals surface area contributed by atoms with E-state index in [-0.39, 0.29) is 11.9 Å². The van der Waals surface area contributed by atoms with Gasteiger partial charge in [0.1, 0.15) is 0 Å². The number of benzene rings is 1. The van der Waals surface area contributed by atoms with Crippen LogP contribution in [-0.2, 0) is 11.3 Å². The van der Waals surface area contributed by atoms with Crippen LogP contribution in [0.2, 0.25) is 0 Å². The van der Waals surface area contributed by atoms with Crippen molar-refractivity contribution < 1.29 is 14.3 Å². The third-order valence-electron chi connectivity index (χ3n) is 4.62. The summed E-state index contributed by atoms with van der Waals surface area (Å²) in [6.45, 7) is 2.63. The smallest absolute Gasteiger partial charge is 0.237 e. The Kier molecular flexibility index (Phi) is 6.28. The topological polar surface area (TPSA) is 50.8 Å². The van der Waals surface area contributed by atoms with E-state index in [2.05, 4.69) is 5.32 Å². The normalized spacial score (nSPS) is 16.4. The van der Waals surface area contributed by atoms with Crippen molar-refractivity contribution in [3.63, 3.8) is 0 Å². The second-order valence-electron chi connectivity index (χ2n) is 6.27. The minimum atomic E-state index is -0.163. The molecule has 0 heterocycles. The molecule has 1 saturated carbocycles. The fourth-order valence-corrected chi connectivity index (χ4v) is 3.00. The van der Waals surface area contributed by atoms with Gasteiger partial charge >= 0.3 is 0 Å². The summed E-state index contributed by atoms with van der Waals surface area (Å²) in [5.74, 6) is 1.53. The molecule has 1 atom stereocenters. The van der Waals surface area contributed by atoms with Crippen molar-refractivity contribution in [1.82, 2.24) is 10.2 Å². The summed E-state index contributed by atoms with van der Waals surface area (Å²) >= 11 is 0. The Balaban J connectivity index is 1.94. The van der Waals surface area contributed by atoms with Crippen molar-refractivity contribution in [2.45, 2.75) is 51.2 Å². The van der Waals surface area contributed by atoms with E-state index in [0.29, 0.717) is 24.1 Å². The maximum Gasteiger partial charge on any atom is 0.237 e. The molecule has 1 fully saturated rings. The van der Waals surface area contributed by atoms with Crippen LogP contribution >= 0.6 is 0 Å². The van der Waals surface area contributed by atoms with Gasteiger partial charge in [-0.2, -0.15) is 0 Å². The van der Waals surface area contributed by atoms with Gasteiger partial charge in [-0.1, -0.05) is 18.9 Å². The number of ether oxygens (including phenoxy) is 2. The summed E-state index contributed by atoms with van der Waals surface area (Å²) in [4.78, 5) is 14.4. The lowest BCUT2D eigenvalue weighted by atomic mass is 10.1. The summed E-state index contributed by atoms with van der Waals surface area (Å²) in [7, 11) is 5.22. The van der Waals surface area contributed by atoms with Gasteiger partial charge in [0.2, 0.25) is 5.91 Å². The van der Waals surface area contributed by atoms with E-state index in [9.17, 15) is 4.79 Å². The third-order valence-corrected chi connectivity index (χ3v) is 4.62. The number of rotatable bonds is 7. The van der Waals surface area contributed by atoms with Crippen LogP contribution < -0.4 is 14.8 Å². The molecular formula is C18H28N2O3. The first-order valence-corrected chi connectivity index (χ1v) is 8.26. The Bertz CT molecular complexity index is 527. The van der Waals surface area contributed by atoms with Crippen molar-refractivity contribution in [3.8, 4) is 11.5 Å². The van der Waals surface area contributed by atoms with E-state index in [1.807, 2.05) is 37.1 Å². The van der Waals surface area contributed by atoms with Crippen molar-refractivity contribution in [2.24, 2.45) is 0 Å². The number of hydrogen-bond donors (Lipinski definition) is 1. The van der Waals surface area contributed by atoms with Crippen molar-refractivity contribution >= 4 is 5.91 Å². The standard InChI is InChI=1S/C18H28N2O3/c1-13(18(21)19-15-7-5-6-8-15)20(2)12-14-9-10-16(22-3)17(11-14)23-4/h9-11,13,15H,5-8,12H2,1-4H3,(H,19,21). The summed E-state index contributed by atoms with van der Waals surface area (Å²) in [5.41, 5.74) is 1.09. The fraction of sp³-hybridized carbons (Fsp3) is 0.611. The maximum absolute atomic E-state index is 12.4. The van der Waals surface area contributed by atoms with Crippen LogP contribution in [0.4, 0.5) is 0 Å². The molecule has 2 rings (SSSR count). The van der Waals surface area contributed by atoms with Crippen molar-refractivity contribution in [3.05, 3.63) is 23.8 Å². The molecule has 5 heteroatoms. The summed E-state index contributed by atoms with van der Waals surface area (Å²) in [6, 6.07) is 6.05. The summed E-state index contributed by atoms with van der Waals surface area (Å²) < 4.78 is 10.6. The largest absolute Gasteiger partial charge is 0.493 e. The highest BCUT2D eigenvalue weighted by Crippen LogP contribution is 2.28. The molecule has 0 bridgehead atoms. The van der Waals surface area contributed by atoms with Crippen LogP contribution in [0.25, 0.3) is 0 Å². The predicted molar refractivity (Wildman–Crippen MR) is 90.9 cm³/mol. The van der Waals surface area contributed by atoms with Gasteiger partial charge in [-0.15, -0.1) is 0 Å². The lowest BCUT2D eigenvalue weighted by Crippen LogP contribution is -2.46. The Morgan fingerprint density at radius 1 is 1.26 bits per heavy atom. The first-order chi connectivity index (χ1) is 11.0. The Morgan fingerprint density at radius 3 is 2.52 bits per heavy atom. The van der Waals surface area contributed by atoms with E-state index in [0.717, 1.165) is 18.4 Å². The fourth-order valence-electron chi connectivity index (χ4n) is 3.00. The monoisotopic (exact) mass is 320 g/mol. The number of carbonyl (C=O) groups is 1. The average Bonchev–Trinajstić information content (AvgIpc) is 3.06. The van der Waals surface area contributed by atoms with Crippen LogP contribution in [0.3, 0.4) is 0 Å². The van der Waals surface area contributed by atoms with Crippen LogP contribution in [0.5, 0.6) is 11.5 Å². The minimum Gasteiger partial charge on any atom is -0.493 e. The first-order valence-electron chi connectivity index (χ1n) is 8.26. The molecule has 1 aliphatic rings. The molecule has 1 aliphatic carbocycles. The van der Waals surface area contributed by atoms with E-state index in [1.165, 1.54) is 12.8 Å². The number of methoxy groups -OCH3 is 2. The van der Waals surface area contributed by atoms with E-state index < -0.39 is 0 Å².